The molecular weight excluding hydrogens is 200 g/mol. The molecule has 3 atom stereocenters. The molecule has 3 unspecified atom stereocenters. The molecule has 3 nitrogen and oxygen atoms in total. The molecule has 1 heterocycles. The molecule has 1 aliphatic rings. The Morgan fingerprint density at radius 2 is 1.94 bits per heavy atom. The van der Waals surface area contributed by atoms with E-state index < -0.39 is 5.41 Å². The maximum atomic E-state index is 12.3. The van der Waals surface area contributed by atoms with Gasteiger partial charge in [-0.1, -0.05) is 13.8 Å². The predicted molar refractivity (Wildman–Crippen MR) is 63.5 cm³/mol. The van der Waals surface area contributed by atoms with Crippen LogP contribution in [0.1, 0.15) is 41.0 Å². The second-order valence-electron chi connectivity index (χ2n) is 5.75. The van der Waals surface area contributed by atoms with Gasteiger partial charge in [0.15, 0.2) is 0 Å². The van der Waals surface area contributed by atoms with Gasteiger partial charge in [0.2, 0.25) is 5.91 Å². The summed E-state index contributed by atoms with van der Waals surface area (Å²) in [5, 5.41) is 9.02. The van der Waals surface area contributed by atoms with E-state index >= 15 is 0 Å². The van der Waals surface area contributed by atoms with Crippen LogP contribution in [0.15, 0.2) is 0 Å². The highest BCUT2D eigenvalue weighted by Crippen LogP contribution is 2.30. The topological polar surface area (TPSA) is 44.1 Å². The lowest BCUT2D eigenvalue weighted by Gasteiger charge is -2.43. The number of hydrogen-bond donors (Lipinski definition) is 0. The average molecular weight is 222 g/mol. The highest BCUT2D eigenvalue weighted by atomic mass is 16.2. The summed E-state index contributed by atoms with van der Waals surface area (Å²) in [4.78, 5) is 14.1. The first-order chi connectivity index (χ1) is 7.29. The van der Waals surface area contributed by atoms with Gasteiger partial charge in [-0.2, -0.15) is 5.26 Å². The van der Waals surface area contributed by atoms with E-state index in [0.717, 1.165) is 13.0 Å². The Bertz CT molecular complexity index is 316. The van der Waals surface area contributed by atoms with Gasteiger partial charge in [0.1, 0.15) is 5.41 Å². The fourth-order valence-electron chi connectivity index (χ4n) is 2.39. The van der Waals surface area contributed by atoms with Crippen LogP contribution in [0.3, 0.4) is 0 Å². The standard InChI is InChI=1S/C13H22N2O/c1-9-6-10(2)11(3)15(7-9)12(16)13(4,5)8-14/h9-11H,6-7H2,1-5H3. The van der Waals surface area contributed by atoms with Crippen molar-refractivity contribution in [2.24, 2.45) is 17.3 Å². The van der Waals surface area contributed by atoms with Gasteiger partial charge in [-0.3, -0.25) is 4.79 Å². The van der Waals surface area contributed by atoms with Crippen LogP contribution in [-0.2, 0) is 4.79 Å². The van der Waals surface area contributed by atoms with Gasteiger partial charge in [0, 0.05) is 12.6 Å². The first kappa shape index (κ1) is 13.0. The summed E-state index contributed by atoms with van der Waals surface area (Å²) in [7, 11) is 0. The summed E-state index contributed by atoms with van der Waals surface area (Å²) in [5.41, 5.74) is -0.898. The molecule has 0 aliphatic carbocycles. The molecular formula is C13H22N2O. The number of carbonyl (C=O) groups is 1. The zero-order valence-electron chi connectivity index (χ0n) is 10.9. The van der Waals surface area contributed by atoms with Crippen molar-refractivity contribution >= 4 is 5.91 Å². The van der Waals surface area contributed by atoms with E-state index in [1.165, 1.54) is 0 Å². The molecule has 0 spiro atoms. The van der Waals surface area contributed by atoms with Gasteiger partial charge < -0.3 is 4.90 Å². The highest BCUT2D eigenvalue weighted by molar-refractivity contribution is 5.85. The molecule has 1 rings (SSSR count). The maximum absolute atomic E-state index is 12.3. The Kier molecular flexibility index (Phi) is 3.62. The lowest BCUT2D eigenvalue weighted by molar-refractivity contribution is -0.143. The van der Waals surface area contributed by atoms with Crippen LogP contribution in [0.2, 0.25) is 0 Å². The Labute approximate surface area is 98.4 Å². The van der Waals surface area contributed by atoms with Crippen molar-refractivity contribution in [1.29, 1.82) is 5.26 Å². The van der Waals surface area contributed by atoms with Crippen LogP contribution in [0.5, 0.6) is 0 Å². The predicted octanol–water partition coefficient (Wildman–Crippen LogP) is 2.43. The summed E-state index contributed by atoms with van der Waals surface area (Å²) in [6, 6.07) is 2.34. The Morgan fingerprint density at radius 1 is 1.38 bits per heavy atom. The van der Waals surface area contributed by atoms with Crippen LogP contribution < -0.4 is 0 Å². The molecule has 0 aromatic carbocycles. The van der Waals surface area contributed by atoms with Gasteiger partial charge in [-0.25, -0.2) is 0 Å². The lowest BCUT2D eigenvalue weighted by Crippen LogP contribution is -2.52. The molecule has 1 aliphatic heterocycles. The van der Waals surface area contributed by atoms with Crippen molar-refractivity contribution in [3.8, 4) is 6.07 Å². The van der Waals surface area contributed by atoms with Crippen LogP contribution in [0.4, 0.5) is 0 Å². The van der Waals surface area contributed by atoms with Crippen LogP contribution in [0.25, 0.3) is 0 Å². The smallest absolute Gasteiger partial charge is 0.242 e. The van der Waals surface area contributed by atoms with E-state index in [9.17, 15) is 4.79 Å². The second kappa shape index (κ2) is 4.45. The van der Waals surface area contributed by atoms with Crippen LogP contribution in [-0.4, -0.2) is 23.4 Å². The van der Waals surface area contributed by atoms with Gasteiger partial charge >= 0.3 is 0 Å². The summed E-state index contributed by atoms with van der Waals surface area (Å²) in [6.45, 7) is 10.6. The molecule has 1 fully saturated rings. The van der Waals surface area contributed by atoms with E-state index in [-0.39, 0.29) is 11.9 Å². The van der Waals surface area contributed by atoms with Gasteiger partial charge in [-0.05, 0) is 39.0 Å². The first-order valence-corrected chi connectivity index (χ1v) is 6.02. The highest BCUT2D eigenvalue weighted by Gasteiger charge is 2.38. The Hall–Kier alpha value is -1.04. The minimum atomic E-state index is -0.898. The third-order valence-electron chi connectivity index (χ3n) is 3.67. The van der Waals surface area contributed by atoms with Crippen molar-refractivity contribution in [1.82, 2.24) is 4.90 Å². The molecule has 90 valence electrons. The number of piperidine rings is 1. The molecule has 0 aromatic heterocycles. The fraction of sp³-hybridized carbons (Fsp3) is 0.846. The quantitative estimate of drug-likeness (QED) is 0.684. The number of likely N-dealkylation sites (tertiary alicyclic amines) is 1. The van der Waals surface area contributed by atoms with Crippen molar-refractivity contribution in [2.75, 3.05) is 6.54 Å². The largest absolute Gasteiger partial charge is 0.338 e. The zero-order chi connectivity index (χ0) is 12.5. The third-order valence-corrected chi connectivity index (χ3v) is 3.67. The Morgan fingerprint density at radius 3 is 2.44 bits per heavy atom. The van der Waals surface area contributed by atoms with Crippen LogP contribution >= 0.6 is 0 Å². The summed E-state index contributed by atoms with van der Waals surface area (Å²) < 4.78 is 0. The first-order valence-electron chi connectivity index (χ1n) is 6.02. The lowest BCUT2D eigenvalue weighted by atomic mass is 9.83. The molecule has 0 radical (unpaired) electrons. The monoisotopic (exact) mass is 222 g/mol. The SMILES string of the molecule is CC1CC(C)C(C)N(C(=O)C(C)(C)C#N)C1. The molecule has 1 amide bonds. The van der Waals surface area contributed by atoms with Crippen molar-refractivity contribution in [3.63, 3.8) is 0 Å². The summed E-state index contributed by atoms with van der Waals surface area (Å²) in [6.07, 6.45) is 1.16. The fourth-order valence-corrected chi connectivity index (χ4v) is 2.39. The van der Waals surface area contributed by atoms with E-state index in [4.69, 9.17) is 5.26 Å². The summed E-state index contributed by atoms with van der Waals surface area (Å²) >= 11 is 0. The molecule has 0 aromatic rings. The molecule has 0 N–H and O–H groups in total. The molecule has 0 saturated carbocycles. The van der Waals surface area contributed by atoms with E-state index in [1.807, 2.05) is 4.90 Å². The third kappa shape index (κ3) is 2.37. The molecule has 1 saturated heterocycles. The number of nitrogens with zero attached hydrogens (tertiary/aromatic N) is 2. The van der Waals surface area contributed by atoms with E-state index in [0.29, 0.717) is 11.8 Å². The van der Waals surface area contributed by atoms with E-state index in [1.54, 1.807) is 13.8 Å². The minimum Gasteiger partial charge on any atom is -0.338 e. The number of amides is 1. The maximum Gasteiger partial charge on any atom is 0.242 e. The van der Waals surface area contributed by atoms with Gasteiger partial charge in [0.25, 0.3) is 0 Å². The zero-order valence-corrected chi connectivity index (χ0v) is 10.9. The molecule has 3 heteroatoms. The van der Waals surface area contributed by atoms with E-state index in [2.05, 4.69) is 26.8 Å². The normalized spacial score (nSPS) is 31.0. The Balaban J connectivity index is 2.87. The number of carbonyl (C=O) groups excluding carboxylic acids is 1. The number of rotatable bonds is 1. The van der Waals surface area contributed by atoms with Crippen LogP contribution in [0, 0.1) is 28.6 Å². The van der Waals surface area contributed by atoms with Gasteiger partial charge in [-0.15, -0.1) is 0 Å². The minimum absolute atomic E-state index is 0.0269. The number of hydrogen-bond acceptors (Lipinski definition) is 2. The van der Waals surface area contributed by atoms with Crippen molar-refractivity contribution < 1.29 is 4.79 Å². The number of nitriles is 1. The van der Waals surface area contributed by atoms with Crippen molar-refractivity contribution in [3.05, 3.63) is 0 Å². The molecule has 16 heavy (non-hydrogen) atoms. The molecule has 0 bridgehead atoms. The average Bonchev–Trinajstić information content (AvgIpc) is 2.22. The van der Waals surface area contributed by atoms with Gasteiger partial charge in [0.05, 0.1) is 6.07 Å². The second-order valence-corrected chi connectivity index (χ2v) is 5.75. The summed E-state index contributed by atoms with van der Waals surface area (Å²) in [5.74, 6) is 1.02. The van der Waals surface area contributed by atoms with Crippen molar-refractivity contribution in [2.45, 2.75) is 47.1 Å².